The molecular formula is C17H22N2O2S. The van der Waals surface area contributed by atoms with Crippen LogP contribution in [-0.2, 0) is 16.8 Å². The number of amides is 1. The molecule has 0 saturated heterocycles. The minimum atomic E-state index is -0.604. The first-order chi connectivity index (χ1) is 10.3. The van der Waals surface area contributed by atoms with Gasteiger partial charge in [-0.25, -0.2) is 4.98 Å². The molecule has 0 aliphatic heterocycles. The van der Waals surface area contributed by atoms with Crippen LogP contribution in [0.5, 0.6) is 5.75 Å². The first-order valence-electron chi connectivity index (χ1n) is 7.20. The van der Waals surface area contributed by atoms with Gasteiger partial charge in [0.1, 0.15) is 10.8 Å². The van der Waals surface area contributed by atoms with E-state index in [0.717, 1.165) is 22.0 Å². The van der Waals surface area contributed by atoms with Crippen LogP contribution in [0.25, 0.3) is 0 Å². The van der Waals surface area contributed by atoms with Crippen molar-refractivity contribution >= 4 is 17.2 Å². The second-order valence-corrected chi connectivity index (χ2v) is 7.07. The average molecular weight is 318 g/mol. The fraction of sp³-hybridized carbons (Fsp3) is 0.412. The van der Waals surface area contributed by atoms with Gasteiger partial charge in [-0.1, -0.05) is 12.1 Å². The van der Waals surface area contributed by atoms with Crippen LogP contribution in [-0.4, -0.2) is 18.0 Å². The first kappa shape index (κ1) is 16.5. The summed E-state index contributed by atoms with van der Waals surface area (Å²) >= 11 is 1.63. The van der Waals surface area contributed by atoms with E-state index in [-0.39, 0.29) is 5.91 Å². The Labute approximate surface area is 135 Å². The molecule has 0 aliphatic rings. The molecule has 1 aromatic heterocycles. The molecule has 118 valence electrons. The molecule has 5 heteroatoms. The molecule has 0 aliphatic carbocycles. The summed E-state index contributed by atoms with van der Waals surface area (Å²) in [5.74, 6) is 0.775. The largest absolute Gasteiger partial charge is 0.497 e. The SMILES string of the molecule is COc1ccc(C(C)(C)C(=O)NCc2nc(C)c(C)s2)cc1. The topological polar surface area (TPSA) is 51.2 Å². The lowest BCUT2D eigenvalue weighted by atomic mass is 9.83. The summed E-state index contributed by atoms with van der Waals surface area (Å²) in [5.41, 5.74) is 1.38. The van der Waals surface area contributed by atoms with Crippen molar-refractivity contribution in [2.45, 2.75) is 39.7 Å². The number of thiazole rings is 1. The summed E-state index contributed by atoms with van der Waals surface area (Å²) in [7, 11) is 1.63. The highest BCUT2D eigenvalue weighted by atomic mass is 32.1. The van der Waals surface area contributed by atoms with E-state index in [9.17, 15) is 4.79 Å². The Kier molecular flexibility index (Phi) is 4.86. The van der Waals surface area contributed by atoms with Crippen molar-refractivity contribution in [1.82, 2.24) is 10.3 Å². The van der Waals surface area contributed by atoms with E-state index in [1.54, 1.807) is 18.4 Å². The van der Waals surface area contributed by atoms with Gasteiger partial charge in [0.15, 0.2) is 0 Å². The van der Waals surface area contributed by atoms with Crippen molar-refractivity contribution < 1.29 is 9.53 Å². The van der Waals surface area contributed by atoms with E-state index in [0.29, 0.717) is 6.54 Å². The number of nitrogens with zero attached hydrogens (tertiary/aromatic N) is 1. The average Bonchev–Trinajstić information content (AvgIpc) is 2.83. The number of nitrogens with one attached hydrogen (secondary N) is 1. The number of methoxy groups -OCH3 is 1. The van der Waals surface area contributed by atoms with Gasteiger partial charge < -0.3 is 10.1 Å². The lowest BCUT2D eigenvalue weighted by Gasteiger charge is -2.24. The van der Waals surface area contributed by atoms with Crippen LogP contribution in [0, 0.1) is 13.8 Å². The van der Waals surface area contributed by atoms with Crippen LogP contribution >= 0.6 is 11.3 Å². The molecule has 1 amide bonds. The molecule has 2 aromatic rings. The third-order valence-corrected chi connectivity index (χ3v) is 4.93. The fourth-order valence-corrected chi connectivity index (χ4v) is 3.00. The maximum atomic E-state index is 12.5. The van der Waals surface area contributed by atoms with Crippen molar-refractivity contribution in [2.75, 3.05) is 7.11 Å². The molecular weight excluding hydrogens is 296 g/mol. The molecule has 0 atom stereocenters. The minimum absolute atomic E-state index is 0.0110. The van der Waals surface area contributed by atoms with E-state index >= 15 is 0 Å². The summed E-state index contributed by atoms with van der Waals surface area (Å²) in [5, 5.41) is 3.92. The zero-order chi connectivity index (χ0) is 16.3. The van der Waals surface area contributed by atoms with Gasteiger partial charge in [0.2, 0.25) is 5.91 Å². The number of rotatable bonds is 5. The molecule has 1 N–H and O–H groups in total. The van der Waals surface area contributed by atoms with Gasteiger partial charge in [-0.2, -0.15) is 0 Å². The number of aryl methyl sites for hydroxylation is 2. The fourth-order valence-electron chi connectivity index (χ4n) is 2.13. The van der Waals surface area contributed by atoms with Gasteiger partial charge in [-0.15, -0.1) is 11.3 Å². The summed E-state index contributed by atoms with van der Waals surface area (Å²) < 4.78 is 5.15. The summed E-state index contributed by atoms with van der Waals surface area (Å²) in [6, 6.07) is 7.60. The van der Waals surface area contributed by atoms with Crippen LogP contribution in [0.1, 0.15) is 35.0 Å². The van der Waals surface area contributed by atoms with Crippen LogP contribution in [0.3, 0.4) is 0 Å². The minimum Gasteiger partial charge on any atom is -0.497 e. The molecule has 22 heavy (non-hydrogen) atoms. The van der Waals surface area contributed by atoms with Crippen LogP contribution in [0.15, 0.2) is 24.3 Å². The Hall–Kier alpha value is -1.88. The number of ether oxygens (including phenoxy) is 1. The van der Waals surface area contributed by atoms with Gasteiger partial charge in [-0.3, -0.25) is 4.79 Å². The molecule has 0 radical (unpaired) electrons. The Balaban J connectivity index is 2.05. The van der Waals surface area contributed by atoms with Gasteiger partial charge >= 0.3 is 0 Å². The zero-order valence-corrected chi connectivity index (χ0v) is 14.5. The lowest BCUT2D eigenvalue weighted by molar-refractivity contribution is -0.125. The third-order valence-electron chi connectivity index (χ3n) is 3.85. The first-order valence-corrected chi connectivity index (χ1v) is 8.02. The van der Waals surface area contributed by atoms with Crippen molar-refractivity contribution in [2.24, 2.45) is 0 Å². The summed E-state index contributed by atoms with van der Waals surface area (Å²) in [6.07, 6.45) is 0. The van der Waals surface area contributed by atoms with E-state index in [1.165, 1.54) is 4.88 Å². The molecule has 4 nitrogen and oxygen atoms in total. The second-order valence-electron chi connectivity index (χ2n) is 5.79. The molecule has 0 bridgehead atoms. The predicted molar refractivity (Wildman–Crippen MR) is 89.5 cm³/mol. The monoisotopic (exact) mass is 318 g/mol. The standard InChI is InChI=1S/C17H22N2O2S/c1-11-12(2)22-15(19-11)10-18-16(20)17(3,4)13-6-8-14(21-5)9-7-13/h6-9H,10H2,1-5H3,(H,18,20). The van der Waals surface area contributed by atoms with Crippen molar-refractivity contribution in [3.63, 3.8) is 0 Å². The van der Waals surface area contributed by atoms with Gasteiger partial charge in [-0.05, 0) is 45.4 Å². The Morgan fingerprint density at radius 2 is 1.91 bits per heavy atom. The van der Waals surface area contributed by atoms with E-state index in [1.807, 2.05) is 52.0 Å². The second kappa shape index (κ2) is 6.48. The normalized spacial score (nSPS) is 11.3. The third kappa shape index (κ3) is 3.47. The summed E-state index contributed by atoms with van der Waals surface area (Å²) in [6.45, 7) is 8.33. The molecule has 1 heterocycles. The molecule has 2 rings (SSSR count). The Bertz CT molecular complexity index is 640. The number of carbonyl (C=O) groups is 1. The van der Waals surface area contributed by atoms with Crippen LogP contribution < -0.4 is 10.1 Å². The number of hydrogen-bond acceptors (Lipinski definition) is 4. The molecule has 0 spiro atoms. The maximum Gasteiger partial charge on any atom is 0.230 e. The quantitative estimate of drug-likeness (QED) is 0.919. The van der Waals surface area contributed by atoms with Gasteiger partial charge in [0.05, 0.1) is 24.8 Å². The van der Waals surface area contributed by atoms with E-state index in [2.05, 4.69) is 10.3 Å². The number of aromatic nitrogens is 1. The molecule has 1 aromatic carbocycles. The van der Waals surface area contributed by atoms with Crippen molar-refractivity contribution in [3.8, 4) is 5.75 Å². The predicted octanol–water partition coefficient (Wildman–Crippen LogP) is 3.36. The van der Waals surface area contributed by atoms with Crippen LogP contribution in [0.2, 0.25) is 0 Å². The number of carbonyl (C=O) groups excluding carboxylic acids is 1. The summed E-state index contributed by atoms with van der Waals surface area (Å²) in [4.78, 5) is 18.2. The molecule has 0 saturated carbocycles. The van der Waals surface area contributed by atoms with E-state index < -0.39 is 5.41 Å². The number of hydrogen-bond donors (Lipinski definition) is 1. The highest BCUT2D eigenvalue weighted by Gasteiger charge is 2.29. The van der Waals surface area contributed by atoms with Gasteiger partial charge in [0.25, 0.3) is 0 Å². The maximum absolute atomic E-state index is 12.5. The number of benzene rings is 1. The lowest BCUT2D eigenvalue weighted by Crippen LogP contribution is -2.39. The van der Waals surface area contributed by atoms with Gasteiger partial charge in [0, 0.05) is 4.88 Å². The highest BCUT2D eigenvalue weighted by molar-refractivity contribution is 7.11. The van der Waals surface area contributed by atoms with Crippen LogP contribution in [0.4, 0.5) is 0 Å². The molecule has 0 fully saturated rings. The molecule has 0 unspecified atom stereocenters. The van der Waals surface area contributed by atoms with Crippen molar-refractivity contribution in [1.29, 1.82) is 0 Å². The zero-order valence-electron chi connectivity index (χ0n) is 13.7. The van der Waals surface area contributed by atoms with E-state index in [4.69, 9.17) is 4.74 Å². The van der Waals surface area contributed by atoms with Crippen molar-refractivity contribution in [3.05, 3.63) is 45.4 Å². The highest BCUT2D eigenvalue weighted by Crippen LogP contribution is 2.26. The Morgan fingerprint density at radius 3 is 2.41 bits per heavy atom. The smallest absolute Gasteiger partial charge is 0.230 e. The Morgan fingerprint density at radius 1 is 1.27 bits per heavy atom.